The summed E-state index contributed by atoms with van der Waals surface area (Å²) in [6, 6.07) is 14.0. The smallest absolute Gasteiger partial charge is 0.264 e. The lowest BCUT2D eigenvalue weighted by molar-refractivity contribution is 0.0302. The molecular formula is C31H36N4O5S2. The van der Waals surface area contributed by atoms with Crippen LogP contribution in [0.2, 0.25) is 0 Å². The monoisotopic (exact) mass is 608 g/mol. The number of nitrogens with one attached hydrogen (secondary N) is 1. The molecule has 9 nitrogen and oxygen atoms in total. The van der Waals surface area contributed by atoms with E-state index in [1.165, 1.54) is 39.9 Å². The summed E-state index contributed by atoms with van der Waals surface area (Å²) in [7, 11) is -3.78. The zero-order valence-corrected chi connectivity index (χ0v) is 25.6. The number of para-hydroxylation sites is 1. The molecule has 0 saturated carbocycles. The molecule has 0 aliphatic carbocycles. The Labute approximate surface area is 251 Å². The summed E-state index contributed by atoms with van der Waals surface area (Å²) in [5.74, 6) is -0.454. The first-order valence-corrected chi connectivity index (χ1v) is 16.8. The lowest BCUT2D eigenvalue weighted by Crippen LogP contribution is -2.41. The van der Waals surface area contributed by atoms with Crippen LogP contribution in [0.3, 0.4) is 0 Å². The number of carbonyl (C=O) groups excluding carboxylic acids is 2. The minimum Gasteiger partial charge on any atom is -0.378 e. The van der Waals surface area contributed by atoms with Crippen LogP contribution >= 0.6 is 11.3 Å². The Bertz CT molecular complexity index is 1590. The molecule has 1 aromatic heterocycles. The molecule has 11 heteroatoms. The molecule has 222 valence electrons. The van der Waals surface area contributed by atoms with Gasteiger partial charge in [0.05, 0.1) is 29.4 Å². The molecule has 1 saturated heterocycles. The van der Waals surface area contributed by atoms with E-state index in [2.05, 4.69) is 24.1 Å². The maximum Gasteiger partial charge on any atom is 0.264 e. The molecule has 0 spiro atoms. The number of fused-ring (bicyclic) bond motifs is 2. The van der Waals surface area contributed by atoms with E-state index in [9.17, 15) is 18.0 Å². The maximum atomic E-state index is 13.7. The molecule has 0 radical (unpaired) electrons. The molecule has 0 bridgehead atoms. The predicted molar refractivity (Wildman–Crippen MR) is 164 cm³/mol. The van der Waals surface area contributed by atoms with Crippen LogP contribution in [0.1, 0.15) is 57.0 Å². The van der Waals surface area contributed by atoms with E-state index in [0.29, 0.717) is 60.7 Å². The van der Waals surface area contributed by atoms with Gasteiger partial charge in [-0.05, 0) is 74.6 Å². The molecule has 3 aromatic rings. The third kappa shape index (κ3) is 5.46. The first kappa shape index (κ1) is 28.9. The quantitative estimate of drug-likeness (QED) is 0.446. The van der Waals surface area contributed by atoms with Gasteiger partial charge in [-0.15, -0.1) is 11.3 Å². The van der Waals surface area contributed by atoms with E-state index in [1.807, 2.05) is 24.3 Å². The Morgan fingerprint density at radius 1 is 0.952 bits per heavy atom. The molecule has 0 unspecified atom stereocenters. The van der Waals surface area contributed by atoms with Crippen molar-refractivity contribution in [3.05, 3.63) is 75.7 Å². The van der Waals surface area contributed by atoms with Gasteiger partial charge in [0.15, 0.2) is 0 Å². The van der Waals surface area contributed by atoms with Crippen molar-refractivity contribution in [3.8, 4) is 0 Å². The highest BCUT2D eigenvalue weighted by Gasteiger charge is 2.33. The number of anilines is 2. The van der Waals surface area contributed by atoms with Crippen molar-refractivity contribution in [2.24, 2.45) is 0 Å². The number of aryl methyl sites for hydroxylation is 1. The van der Waals surface area contributed by atoms with Gasteiger partial charge in [0, 0.05) is 49.2 Å². The van der Waals surface area contributed by atoms with Crippen LogP contribution in [0.25, 0.3) is 0 Å². The van der Waals surface area contributed by atoms with Gasteiger partial charge in [0.25, 0.3) is 21.8 Å². The summed E-state index contributed by atoms with van der Waals surface area (Å²) in [4.78, 5) is 32.6. The Hall–Kier alpha value is -3.25. The lowest BCUT2D eigenvalue weighted by atomic mass is 10.0. The Morgan fingerprint density at radius 2 is 1.69 bits per heavy atom. The minimum atomic E-state index is -3.78. The third-order valence-electron chi connectivity index (χ3n) is 8.33. The van der Waals surface area contributed by atoms with Gasteiger partial charge in [-0.3, -0.25) is 18.8 Å². The zero-order chi connectivity index (χ0) is 29.4. The number of hydrogen-bond donors (Lipinski definition) is 1. The van der Waals surface area contributed by atoms with Crippen molar-refractivity contribution in [1.29, 1.82) is 0 Å². The second-order valence-corrected chi connectivity index (χ2v) is 14.2. The van der Waals surface area contributed by atoms with Gasteiger partial charge < -0.3 is 15.0 Å². The van der Waals surface area contributed by atoms with E-state index in [1.54, 1.807) is 4.90 Å². The Morgan fingerprint density at radius 3 is 2.43 bits per heavy atom. The largest absolute Gasteiger partial charge is 0.378 e. The fraction of sp³-hybridized carbons (Fsp3) is 0.419. The molecule has 2 amide bonds. The lowest BCUT2D eigenvalue weighted by Gasteiger charge is -2.31. The topological polar surface area (TPSA) is 99.3 Å². The number of rotatable bonds is 6. The number of amides is 2. The van der Waals surface area contributed by atoms with Crippen molar-refractivity contribution in [1.82, 2.24) is 9.80 Å². The van der Waals surface area contributed by atoms with Gasteiger partial charge in [0.1, 0.15) is 5.00 Å². The second-order valence-electron chi connectivity index (χ2n) is 11.2. The van der Waals surface area contributed by atoms with Gasteiger partial charge in [-0.1, -0.05) is 18.2 Å². The Kier molecular flexibility index (Phi) is 8.10. The van der Waals surface area contributed by atoms with Crippen LogP contribution < -0.4 is 9.62 Å². The molecule has 2 aromatic carbocycles. The van der Waals surface area contributed by atoms with Crippen LogP contribution in [0.4, 0.5) is 10.7 Å². The van der Waals surface area contributed by atoms with Crippen LogP contribution in [-0.2, 0) is 34.1 Å². The van der Waals surface area contributed by atoms with E-state index in [4.69, 9.17) is 4.74 Å². The molecule has 3 aliphatic rings. The molecule has 42 heavy (non-hydrogen) atoms. The summed E-state index contributed by atoms with van der Waals surface area (Å²) in [5.41, 5.74) is 3.65. The van der Waals surface area contributed by atoms with E-state index in [-0.39, 0.29) is 16.7 Å². The molecule has 1 fully saturated rings. The number of hydrogen-bond acceptors (Lipinski definition) is 7. The zero-order valence-electron chi connectivity index (χ0n) is 24.0. The van der Waals surface area contributed by atoms with Gasteiger partial charge in [0.2, 0.25) is 0 Å². The number of nitrogens with zero attached hydrogens (tertiary/aromatic N) is 3. The van der Waals surface area contributed by atoms with Gasteiger partial charge >= 0.3 is 0 Å². The average Bonchev–Trinajstić information content (AvgIpc) is 3.37. The van der Waals surface area contributed by atoms with E-state index < -0.39 is 10.0 Å². The summed E-state index contributed by atoms with van der Waals surface area (Å²) in [5, 5.41) is 3.55. The second kappa shape index (κ2) is 11.8. The highest BCUT2D eigenvalue weighted by Crippen LogP contribution is 2.39. The fourth-order valence-electron chi connectivity index (χ4n) is 5.93. The number of carbonyl (C=O) groups is 2. The molecular weight excluding hydrogens is 572 g/mol. The van der Waals surface area contributed by atoms with Crippen molar-refractivity contribution < 1.29 is 22.7 Å². The van der Waals surface area contributed by atoms with Crippen molar-refractivity contribution in [3.63, 3.8) is 0 Å². The SMILES string of the molecule is CC(C)N1CCc2c(sc(NC(=O)c3ccc(S(=O)(=O)N4CCCc5ccccc54)cc3)c2C(=O)N2CCOCC2)C1. The van der Waals surface area contributed by atoms with Crippen LogP contribution in [0.5, 0.6) is 0 Å². The molecule has 1 N–H and O–H groups in total. The van der Waals surface area contributed by atoms with Crippen LogP contribution in [0.15, 0.2) is 53.4 Å². The standard InChI is InChI=1S/C31H36N4O5S2/c1-21(2)34-15-13-25-27(20-34)41-30(28(25)31(37)33-16-18-40-19-17-33)32-29(36)23-9-11-24(12-10-23)42(38,39)35-14-5-7-22-6-3-4-8-26(22)35/h3-4,6,8-12,21H,5,7,13-20H2,1-2H3,(H,32,36). The van der Waals surface area contributed by atoms with Crippen molar-refractivity contribution in [2.75, 3.05) is 49.0 Å². The van der Waals surface area contributed by atoms with Crippen LogP contribution in [-0.4, -0.2) is 75.5 Å². The summed E-state index contributed by atoms with van der Waals surface area (Å²) < 4.78 is 34.0. The third-order valence-corrected chi connectivity index (χ3v) is 11.3. The van der Waals surface area contributed by atoms with Gasteiger partial charge in [-0.2, -0.15) is 0 Å². The molecule has 0 atom stereocenters. The average molecular weight is 609 g/mol. The van der Waals surface area contributed by atoms with Crippen molar-refractivity contribution in [2.45, 2.75) is 50.6 Å². The summed E-state index contributed by atoms with van der Waals surface area (Å²) >= 11 is 1.46. The van der Waals surface area contributed by atoms with Gasteiger partial charge in [-0.25, -0.2) is 8.42 Å². The first-order valence-electron chi connectivity index (χ1n) is 14.5. The molecule has 6 rings (SSSR count). The summed E-state index contributed by atoms with van der Waals surface area (Å²) in [6.07, 6.45) is 2.35. The fourth-order valence-corrected chi connectivity index (χ4v) is 8.73. The number of morpholine rings is 1. The number of benzene rings is 2. The highest BCUT2D eigenvalue weighted by molar-refractivity contribution is 7.92. The molecule has 4 heterocycles. The number of ether oxygens (including phenoxy) is 1. The number of thiophene rings is 1. The minimum absolute atomic E-state index is 0.0765. The van der Waals surface area contributed by atoms with Crippen molar-refractivity contribution >= 4 is 43.9 Å². The summed E-state index contributed by atoms with van der Waals surface area (Å²) in [6.45, 7) is 8.37. The molecule has 3 aliphatic heterocycles. The van der Waals surface area contributed by atoms with E-state index >= 15 is 0 Å². The van der Waals surface area contributed by atoms with Crippen LogP contribution in [0, 0.1) is 0 Å². The predicted octanol–water partition coefficient (Wildman–Crippen LogP) is 4.38. The normalized spacial score (nSPS) is 17.6. The number of sulfonamides is 1. The maximum absolute atomic E-state index is 13.7. The van der Waals surface area contributed by atoms with E-state index in [0.717, 1.165) is 48.4 Å². The first-order chi connectivity index (χ1) is 20.2. The Balaban J connectivity index is 1.25. The highest BCUT2D eigenvalue weighted by atomic mass is 32.2.